The zero-order chi connectivity index (χ0) is 21.4. The van der Waals surface area contributed by atoms with Gasteiger partial charge in [0, 0.05) is 6.20 Å². The highest BCUT2D eigenvalue weighted by Crippen LogP contribution is 2.28. The Kier molecular flexibility index (Phi) is 8.64. The number of hydrogen-bond donors (Lipinski definition) is 3. The number of nitrogens with one attached hydrogen (secondary N) is 1. The molecular formula is C20H29N3O6. The molecule has 0 aromatic carbocycles. The van der Waals surface area contributed by atoms with Crippen molar-refractivity contribution in [3.63, 3.8) is 0 Å². The monoisotopic (exact) mass is 407 g/mol. The van der Waals surface area contributed by atoms with Crippen molar-refractivity contribution < 1.29 is 24.5 Å². The molecule has 2 heterocycles. The Morgan fingerprint density at radius 2 is 2.00 bits per heavy atom. The van der Waals surface area contributed by atoms with Crippen LogP contribution in [0.15, 0.2) is 11.0 Å². The zero-order valence-electron chi connectivity index (χ0n) is 16.8. The van der Waals surface area contributed by atoms with Gasteiger partial charge in [-0.3, -0.25) is 9.88 Å². The Morgan fingerprint density at radius 1 is 1.31 bits per heavy atom. The Labute approximate surface area is 170 Å². The molecule has 1 amide bonds. The number of unbranched alkanes of at least 4 members (excludes halogenated alkanes) is 5. The first kappa shape index (κ1) is 22.9. The molecule has 1 fully saturated rings. The summed E-state index contributed by atoms with van der Waals surface area (Å²) in [5.74, 6) is 2.22. The highest BCUT2D eigenvalue weighted by atomic mass is 16.6. The maximum absolute atomic E-state index is 12.3. The molecule has 0 unspecified atom stereocenters. The van der Waals surface area contributed by atoms with Gasteiger partial charge in [0.15, 0.2) is 12.0 Å². The third kappa shape index (κ3) is 6.03. The number of ether oxygens (including phenoxy) is 2. The van der Waals surface area contributed by atoms with E-state index in [1.165, 1.54) is 25.5 Å². The summed E-state index contributed by atoms with van der Waals surface area (Å²) in [5, 5.41) is 22.3. The number of anilines is 1. The molecule has 0 spiro atoms. The molecule has 9 nitrogen and oxygen atoms in total. The van der Waals surface area contributed by atoms with Gasteiger partial charge in [-0.05, 0) is 13.3 Å². The zero-order valence-corrected chi connectivity index (χ0v) is 16.8. The molecule has 0 aliphatic carbocycles. The van der Waals surface area contributed by atoms with Gasteiger partial charge in [0.25, 0.3) is 0 Å². The van der Waals surface area contributed by atoms with Crippen molar-refractivity contribution in [3.8, 4) is 12.3 Å². The van der Waals surface area contributed by atoms with Crippen LogP contribution in [0.1, 0.15) is 64.2 Å². The van der Waals surface area contributed by atoms with Gasteiger partial charge in [0.2, 0.25) is 0 Å². The van der Waals surface area contributed by atoms with Crippen LogP contribution in [0.2, 0.25) is 0 Å². The number of nitrogens with zero attached hydrogens (tertiary/aromatic N) is 2. The van der Waals surface area contributed by atoms with Crippen LogP contribution in [0.4, 0.5) is 10.6 Å². The van der Waals surface area contributed by atoms with Crippen LogP contribution in [-0.2, 0) is 9.47 Å². The second kappa shape index (κ2) is 11.0. The van der Waals surface area contributed by atoms with E-state index in [0.717, 1.165) is 23.8 Å². The fourth-order valence-electron chi connectivity index (χ4n) is 3.09. The number of aromatic nitrogens is 2. The fourth-order valence-corrected chi connectivity index (χ4v) is 3.09. The first-order valence-corrected chi connectivity index (χ1v) is 9.94. The summed E-state index contributed by atoms with van der Waals surface area (Å²) in [6.45, 7) is 3.99. The Hall–Kier alpha value is -2.41. The number of terminal acetylenes is 1. The summed E-state index contributed by atoms with van der Waals surface area (Å²) in [4.78, 5) is 28.1. The van der Waals surface area contributed by atoms with E-state index in [4.69, 9.17) is 15.9 Å². The van der Waals surface area contributed by atoms with Gasteiger partial charge in [0.1, 0.15) is 12.2 Å². The molecule has 2 rings (SSSR count). The Morgan fingerprint density at radius 3 is 2.62 bits per heavy atom. The molecule has 160 valence electrons. The molecule has 1 aromatic heterocycles. The highest BCUT2D eigenvalue weighted by Gasteiger charge is 2.42. The van der Waals surface area contributed by atoms with Gasteiger partial charge in [-0.25, -0.2) is 9.59 Å². The van der Waals surface area contributed by atoms with Crippen molar-refractivity contribution in [1.82, 2.24) is 9.55 Å². The average molecular weight is 407 g/mol. The first-order chi connectivity index (χ1) is 13.9. The van der Waals surface area contributed by atoms with E-state index in [9.17, 15) is 19.8 Å². The maximum atomic E-state index is 12.3. The van der Waals surface area contributed by atoms with Gasteiger partial charge in [-0.1, -0.05) is 44.9 Å². The topological polar surface area (TPSA) is 123 Å². The summed E-state index contributed by atoms with van der Waals surface area (Å²) in [5.41, 5.74) is -0.675. The van der Waals surface area contributed by atoms with Gasteiger partial charge in [-0.2, -0.15) is 4.98 Å². The number of carbonyl (C=O) groups excluding carboxylic acids is 1. The van der Waals surface area contributed by atoms with Crippen molar-refractivity contribution in [1.29, 1.82) is 0 Å². The van der Waals surface area contributed by atoms with Gasteiger partial charge >= 0.3 is 11.8 Å². The standard InChI is InChI=1S/C20H29N3O6/c1-4-6-7-8-9-10-11-28-20(27)22-17-14(5-2)12-23(19(26)21-17)18-16(25)15(24)13(3)29-18/h2,12-13,15-16,18,24-25H,4,6-11H2,1,3H3,(H,21,22,26,27)/t13-,15-,16-,18-/m1/s1. The van der Waals surface area contributed by atoms with Gasteiger partial charge in [-0.15, -0.1) is 6.42 Å². The molecule has 1 aliphatic rings. The number of carbonyl (C=O) groups is 1. The Bertz CT molecular complexity index is 787. The summed E-state index contributed by atoms with van der Waals surface area (Å²) in [6.07, 6.45) is 8.10. The van der Waals surface area contributed by atoms with Crippen LogP contribution in [0.25, 0.3) is 0 Å². The van der Waals surface area contributed by atoms with Gasteiger partial charge < -0.3 is 19.7 Å². The lowest BCUT2D eigenvalue weighted by molar-refractivity contribution is -0.0350. The molecule has 4 atom stereocenters. The van der Waals surface area contributed by atoms with E-state index in [1.807, 2.05) is 0 Å². The Balaban J connectivity index is 1.96. The lowest BCUT2D eigenvalue weighted by Crippen LogP contribution is -2.36. The highest BCUT2D eigenvalue weighted by molar-refractivity contribution is 5.84. The van der Waals surface area contributed by atoms with E-state index < -0.39 is 36.3 Å². The minimum atomic E-state index is -1.31. The fraction of sp³-hybridized carbons (Fsp3) is 0.650. The molecule has 1 aromatic rings. The molecule has 3 N–H and O–H groups in total. The number of rotatable bonds is 9. The number of amides is 1. The van der Waals surface area contributed by atoms with Gasteiger partial charge in [0.05, 0.1) is 18.3 Å². The minimum absolute atomic E-state index is 0.109. The van der Waals surface area contributed by atoms with Crippen LogP contribution in [-0.4, -0.2) is 50.8 Å². The van der Waals surface area contributed by atoms with Crippen LogP contribution in [0.5, 0.6) is 0 Å². The molecule has 1 aliphatic heterocycles. The second-order valence-corrected chi connectivity index (χ2v) is 7.08. The minimum Gasteiger partial charge on any atom is -0.449 e. The van der Waals surface area contributed by atoms with Crippen molar-refractivity contribution in [3.05, 3.63) is 22.2 Å². The summed E-state index contributed by atoms with van der Waals surface area (Å²) in [7, 11) is 0. The average Bonchev–Trinajstić information content (AvgIpc) is 2.94. The summed E-state index contributed by atoms with van der Waals surface area (Å²) < 4.78 is 11.5. The van der Waals surface area contributed by atoms with E-state index >= 15 is 0 Å². The number of hydrogen-bond acceptors (Lipinski definition) is 7. The van der Waals surface area contributed by atoms with E-state index in [1.54, 1.807) is 6.92 Å². The maximum Gasteiger partial charge on any atom is 0.412 e. The predicted octanol–water partition coefficient (Wildman–Crippen LogP) is 1.77. The van der Waals surface area contributed by atoms with Crippen molar-refractivity contribution in [2.75, 3.05) is 11.9 Å². The molecule has 1 saturated heterocycles. The van der Waals surface area contributed by atoms with E-state index in [-0.39, 0.29) is 18.0 Å². The molecule has 0 saturated carbocycles. The van der Waals surface area contributed by atoms with Crippen LogP contribution >= 0.6 is 0 Å². The normalized spacial score (nSPS) is 23.6. The quantitative estimate of drug-likeness (QED) is 0.421. The number of aliphatic hydroxyl groups is 2. The molecule has 0 bridgehead atoms. The summed E-state index contributed by atoms with van der Waals surface area (Å²) in [6, 6.07) is 0. The second-order valence-electron chi connectivity index (χ2n) is 7.08. The molecule has 0 radical (unpaired) electrons. The third-order valence-electron chi connectivity index (χ3n) is 4.81. The van der Waals surface area contributed by atoms with Crippen molar-refractivity contribution >= 4 is 11.9 Å². The third-order valence-corrected chi connectivity index (χ3v) is 4.81. The SMILES string of the molecule is C#Cc1cn([C@@H]2O[C@H](C)[C@@H](O)[C@H]2O)c(=O)nc1NC(=O)OCCCCCCCC. The largest absolute Gasteiger partial charge is 0.449 e. The van der Waals surface area contributed by atoms with Crippen LogP contribution < -0.4 is 11.0 Å². The lowest BCUT2D eigenvalue weighted by Gasteiger charge is -2.18. The lowest BCUT2D eigenvalue weighted by atomic mass is 10.1. The van der Waals surface area contributed by atoms with Crippen LogP contribution in [0, 0.1) is 12.3 Å². The molecular weight excluding hydrogens is 378 g/mol. The number of aliphatic hydroxyl groups excluding tert-OH is 2. The smallest absolute Gasteiger partial charge is 0.412 e. The van der Waals surface area contributed by atoms with Crippen molar-refractivity contribution in [2.24, 2.45) is 0 Å². The summed E-state index contributed by atoms with van der Waals surface area (Å²) >= 11 is 0. The molecule has 29 heavy (non-hydrogen) atoms. The van der Waals surface area contributed by atoms with E-state index in [2.05, 4.69) is 23.1 Å². The molecule has 9 heteroatoms. The first-order valence-electron chi connectivity index (χ1n) is 9.94. The van der Waals surface area contributed by atoms with Crippen molar-refractivity contribution in [2.45, 2.75) is 76.9 Å². The van der Waals surface area contributed by atoms with E-state index in [0.29, 0.717) is 0 Å². The van der Waals surface area contributed by atoms with Crippen LogP contribution in [0.3, 0.4) is 0 Å². The predicted molar refractivity (Wildman–Crippen MR) is 106 cm³/mol.